The fourth-order valence-electron chi connectivity index (χ4n) is 6.70. The smallest absolute Gasteiger partial charge is 0.238 e. The minimum Gasteiger partial charge on any atom is -0.324 e. The summed E-state index contributed by atoms with van der Waals surface area (Å²) in [4.78, 5) is 17.5. The number of carbonyl (C=O) groups excluding carboxylic acids is 1. The van der Waals surface area contributed by atoms with Crippen molar-refractivity contribution in [3.8, 4) is 0 Å². The molecule has 1 aliphatic heterocycles. The summed E-state index contributed by atoms with van der Waals surface area (Å²) in [6, 6.07) is 5.97. The summed E-state index contributed by atoms with van der Waals surface area (Å²) in [7, 11) is 0. The molecule has 1 amide bonds. The first-order chi connectivity index (χ1) is 13.5. The zero-order valence-corrected chi connectivity index (χ0v) is 17.8. The van der Waals surface area contributed by atoms with E-state index in [-0.39, 0.29) is 5.91 Å². The Kier molecular flexibility index (Phi) is 5.33. The van der Waals surface area contributed by atoms with Crippen LogP contribution < -0.4 is 5.32 Å². The molecule has 0 spiro atoms. The second kappa shape index (κ2) is 7.79. The highest BCUT2D eigenvalue weighted by Gasteiger charge is 2.50. The second-order valence-electron chi connectivity index (χ2n) is 9.41. The number of piperazine rings is 1. The fraction of sp³-hybridized carbons (Fsp3) is 0.682. The van der Waals surface area contributed by atoms with Crippen molar-refractivity contribution in [2.45, 2.75) is 38.1 Å². The number of amides is 1. The van der Waals surface area contributed by atoms with Gasteiger partial charge in [-0.15, -0.1) is 0 Å². The van der Waals surface area contributed by atoms with Crippen molar-refractivity contribution in [2.75, 3.05) is 38.0 Å². The van der Waals surface area contributed by atoms with Crippen molar-refractivity contribution in [1.29, 1.82) is 0 Å². The SMILES string of the molecule is O=C(CN1CCN(C2C3CC4CC(C3)CC2C4)CC1)Nc1ccc(Cl)cc1Cl. The molecule has 1 aromatic rings. The number of hydrogen-bond acceptors (Lipinski definition) is 3. The molecule has 0 radical (unpaired) electrons. The Balaban J connectivity index is 1.13. The van der Waals surface area contributed by atoms with Gasteiger partial charge in [-0.05, 0) is 74.0 Å². The van der Waals surface area contributed by atoms with Gasteiger partial charge in [0, 0.05) is 37.2 Å². The van der Waals surface area contributed by atoms with E-state index < -0.39 is 0 Å². The van der Waals surface area contributed by atoms with Crippen molar-refractivity contribution >= 4 is 34.8 Å². The molecular formula is C22H29Cl2N3O. The number of nitrogens with one attached hydrogen (secondary N) is 1. The van der Waals surface area contributed by atoms with Crippen LogP contribution in [0.2, 0.25) is 10.0 Å². The van der Waals surface area contributed by atoms with Crippen LogP contribution in [-0.4, -0.2) is 54.5 Å². The summed E-state index contributed by atoms with van der Waals surface area (Å²) < 4.78 is 0. The predicted molar refractivity (Wildman–Crippen MR) is 114 cm³/mol. The first-order valence-corrected chi connectivity index (χ1v) is 11.5. The van der Waals surface area contributed by atoms with Gasteiger partial charge >= 0.3 is 0 Å². The Bertz CT molecular complexity index is 719. The lowest BCUT2D eigenvalue weighted by atomic mass is 9.54. The average Bonchev–Trinajstić information content (AvgIpc) is 2.64. The van der Waals surface area contributed by atoms with Crippen molar-refractivity contribution in [2.24, 2.45) is 23.7 Å². The van der Waals surface area contributed by atoms with Crippen molar-refractivity contribution in [3.05, 3.63) is 28.2 Å². The Hall–Kier alpha value is -0.810. The molecule has 152 valence electrons. The van der Waals surface area contributed by atoms with Gasteiger partial charge in [0.1, 0.15) is 0 Å². The third-order valence-electron chi connectivity index (χ3n) is 7.58. The van der Waals surface area contributed by atoms with Gasteiger partial charge in [0.2, 0.25) is 5.91 Å². The quantitative estimate of drug-likeness (QED) is 0.783. The zero-order chi connectivity index (χ0) is 19.3. The third kappa shape index (κ3) is 3.81. The van der Waals surface area contributed by atoms with Gasteiger partial charge in [-0.1, -0.05) is 23.2 Å². The number of rotatable bonds is 4. The average molecular weight is 422 g/mol. The van der Waals surface area contributed by atoms with E-state index in [0.717, 1.165) is 55.9 Å². The third-order valence-corrected chi connectivity index (χ3v) is 8.13. The number of nitrogens with zero attached hydrogens (tertiary/aromatic N) is 2. The van der Waals surface area contributed by atoms with Crippen molar-refractivity contribution < 1.29 is 4.79 Å². The number of hydrogen-bond donors (Lipinski definition) is 1. The van der Waals surface area contributed by atoms with Crippen LogP contribution in [0.4, 0.5) is 5.69 Å². The Morgan fingerprint density at radius 3 is 2.21 bits per heavy atom. The van der Waals surface area contributed by atoms with Crippen LogP contribution in [-0.2, 0) is 4.79 Å². The van der Waals surface area contributed by atoms with Crippen molar-refractivity contribution in [3.63, 3.8) is 0 Å². The Morgan fingerprint density at radius 1 is 0.964 bits per heavy atom. The topological polar surface area (TPSA) is 35.6 Å². The zero-order valence-electron chi connectivity index (χ0n) is 16.2. The Labute approximate surface area is 177 Å². The van der Waals surface area contributed by atoms with Gasteiger partial charge in [-0.25, -0.2) is 0 Å². The number of benzene rings is 1. The molecule has 1 N–H and O–H groups in total. The molecule has 1 heterocycles. The highest BCUT2D eigenvalue weighted by Crippen LogP contribution is 2.55. The molecule has 0 aromatic heterocycles. The summed E-state index contributed by atoms with van der Waals surface area (Å²) in [5.74, 6) is 3.94. The summed E-state index contributed by atoms with van der Waals surface area (Å²) in [5, 5.41) is 3.97. The molecule has 1 aromatic carbocycles. The normalized spacial score (nSPS) is 35.3. The molecule has 4 saturated carbocycles. The molecule has 5 aliphatic rings. The molecule has 28 heavy (non-hydrogen) atoms. The minimum atomic E-state index is -0.00713. The van der Waals surface area contributed by atoms with Gasteiger partial charge in [-0.2, -0.15) is 0 Å². The summed E-state index contributed by atoms with van der Waals surface area (Å²) in [6.07, 6.45) is 7.41. The Morgan fingerprint density at radius 2 is 1.61 bits per heavy atom. The molecule has 4 aliphatic carbocycles. The summed E-state index contributed by atoms with van der Waals surface area (Å²) >= 11 is 12.1. The molecular weight excluding hydrogens is 393 g/mol. The standard InChI is InChI=1S/C22H29Cl2N3O/c23-18-1-2-20(19(24)12-18)25-21(28)13-26-3-5-27(6-4-26)22-16-8-14-7-15(10-16)11-17(22)9-14/h1-2,12,14-17,22H,3-11,13H2,(H,25,28). The molecule has 4 nitrogen and oxygen atoms in total. The van der Waals surface area contributed by atoms with Gasteiger partial charge in [0.05, 0.1) is 17.3 Å². The maximum Gasteiger partial charge on any atom is 0.238 e. The highest BCUT2D eigenvalue weighted by molar-refractivity contribution is 6.36. The maximum absolute atomic E-state index is 12.4. The minimum absolute atomic E-state index is 0.00713. The van der Waals surface area contributed by atoms with E-state index in [2.05, 4.69) is 15.1 Å². The first-order valence-electron chi connectivity index (χ1n) is 10.8. The van der Waals surface area contributed by atoms with Crippen LogP contribution in [0.25, 0.3) is 0 Å². The molecule has 6 rings (SSSR count). The predicted octanol–water partition coefficient (Wildman–Crippen LogP) is 4.37. The second-order valence-corrected chi connectivity index (χ2v) is 10.2. The summed E-state index contributed by atoms with van der Waals surface area (Å²) in [6.45, 7) is 4.58. The lowest BCUT2D eigenvalue weighted by Crippen LogP contribution is -2.60. The van der Waals surface area contributed by atoms with Crippen LogP contribution >= 0.6 is 23.2 Å². The van der Waals surface area contributed by atoms with E-state index in [4.69, 9.17) is 23.2 Å². The number of halogens is 2. The highest BCUT2D eigenvalue weighted by atomic mass is 35.5. The van der Waals surface area contributed by atoms with Crippen LogP contribution in [0, 0.1) is 23.7 Å². The largest absolute Gasteiger partial charge is 0.324 e. The van der Waals surface area contributed by atoms with E-state index >= 15 is 0 Å². The molecule has 6 heteroatoms. The molecule has 0 atom stereocenters. The number of carbonyl (C=O) groups is 1. The molecule has 5 fully saturated rings. The lowest BCUT2D eigenvalue weighted by Gasteiger charge is -2.58. The van der Waals surface area contributed by atoms with E-state index in [9.17, 15) is 4.79 Å². The van der Waals surface area contributed by atoms with Gasteiger partial charge in [0.15, 0.2) is 0 Å². The molecule has 0 unspecified atom stereocenters. The maximum atomic E-state index is 12.4. The van der Waals surface area contributed by atoms with E-state index in [1.807, 2.05) is 0 Å². The van der Waals surface area contributed by atoms with Crippen LogP contribution in [0.1, 0.15) is 32.1 Å². The fourth-order valence-corrected chi connectivity index (χ4v) is 7.15. The molecule has 1 saturated heterocycles. The monoisotopic (exact) mass is 421 g/mol. The first kappa shape index (κ1) is 19.2. The number of anilines is 1. The van der Waals surface area contributed by atoms with E-state index in [0.29, 0.717) is 22.3 Å². The summed E-state index contributed by atoms with van der Waals surface area (Å²) in [5.41, 5.74) is 0.628. The lowest BCUT2D eigenvalue weighted by molar-refractivity contribution is -0.118. The van der Waals surface area contributed by atoms with E-state index in [1.165, 1.54) is 32.1 Å². The van der Waals surface area contributed by atoms with Crippen molar-refractivity contribution in [1.82, 2.24) is 9.80 Å². The van der Waals surface area contributed by atoms with E-state index in [1.54, 1.807) is 18.2 Å². The van der Waals surface area contributed by atoms with Crippen LogP contribution in [0.15, 0.2) is 18.2 Å². The van der Waals surface area contributed by atoms with Crippen LogP contribution in [0.5, 0.6) is 0 Å². The van der Waals surface area contributed by atoms with Gasteiger partial charge < -0.3 is 5.32 Å². The van der Waals surface area contributed by atoms with Gasteiger partial charge in [0.25, 0.3) is 0 Å². The van der Waals surface area contributed by atoms with Gasteiger partial charge in [-0.3, -0.25) is 14.6 Å². The molecule has 4 bridgehead atoms. The van der Waals surface area contributed by atoms with Crippen LogP contribution in [0.3, 0.4) is 0 Å².